The van der Waals surface area contributed by atoms with E-state index in [1.807, 2.05) is 0 Å². The molecule has 0 saturated carbocycles. The number of nitrogen functional groups attached to an aromatic ring is 1. The second-order valence-corrected chi connectivity index (χ2v) is 8.47. The van der Waals surface area contributed by atoms with Crippen LogP contribution in [0.2, 0.25) is 0 Å². The minimum atomic E-state index is -1.12. The highest BCUT2D eigenvalue weighted by Gasteiger charge is 2.35. The SMILES string of the molecule is COCCNC(=O)C(c1ccc(O)cc1)N(Cc1ccc(OC)cc1)C(=O)c1snc(C(N)=O)c1N. The number of nitrogens with zero attached hydrogens (tertiary/aromatic N) is 2. The molecule has 0 fully saturated rings. The van der Waals surface area contributed by atoms with Crippen LogP contribution in [0.25, 0.3) is 0 Å². The van der Waals surface area contributed by atoms with Gasteiger partial charge in [-0.3, -0.25) is 14.4 Å². The molecule has 11 nitrogen and oxygen atoms in total. The molecule has 0 aliphatic carbocycles. The number of phenols is 1. The number of primary amides is 1. The summed E-state index contributed by atoms with van der Waals surface area (Å²) in [6, 6.07) is 11.8. The number of benzene rings is 2. The molecule has 3 rings (SSSR count). The number of hydrogen-bond acceptors (Lipinski definition) is 9. The van der Waals surface area contributed by atoms with Crippen molar-refractivity contribution in [3.05, 3.63) is 70.2 Å². The van der Waals surface area contributed by atoms with Crippen LogP contribution in [0.15, 0.2) is 48.5 Å². The molecule has 190 valence electrons. The molecule has 3 amide bonds. The summed E-state index contributed by atoms with van der Waals surface area (Å²) in [6.45, 7) is 0.489. The molecule has 2 aromatic carbocycles. The van der Waals surface area contributed by atoms with Crippen molar-refractivity contribution in [2.75, 3.05) is 33.1 Å². The summed E-state index contributed by atoms with van der Waals surface area (Å²) in [7, 11) is 3.05. The Labute approximate surface area is 211 Å². The minimum absolute atomic E-state index is 0.00289. The quantitative estimate of drug-likeness (QED) is 0.281. The number of nitrogens with two attached hydrogens (primary N) is 2. The molecule has 12 heteroatoms. The summed E-state index contributed by atoms with van der Waals surface area (Å²) >= 11 is 0.727. The smallest absolute Gasteiger partial charge is 0.270 e. The van der Waals surface area contributed by atoms with Crippen molar-refractivity contribution in [3.63, 3.8) is 0 Å². The highest BCUT2D eigenvalue weighted by atomic mass is 32.1. The van der Waals surface area contributed by atoms with Gasteiger partial charge in [0, 0.05) is 20.2 Å². The lowest BCUT2D eigenvalue weighted by Crippen LogP contribution is -2.44. The van der Waals surface area contributed by atoms with Gasteiger partial charge < -0.3 is 36.3 Å². The number of ether oxygens (including phenoxy) is 2. The third-order valence-electron chi connectivity index (χ3n) is 5.30. The van der Waals surface area contributed by atoms with Gasteiger partial charge >= 0.3 is 0 Å². The number of methoxy groups -OCH3 is 2. The predicted molar refractivity (Wildman–Crippen MR) is 134 cm³/mol. The van der Waals surface area contributed by atoms with Gasteiger partial charge in [0.2, 0.25) is 5.91 Å². The molecular weight excluding hydrogens is 486 g/mol. The maximum absolute atomic E-state index is 13.8. The van der Waals surface area contributed by atoms with Crippen LogP contribution < -0.4 is 21.5 Å². The van der Waals surface area contributed by atoms with Crippen LogP contribution >= 0.6 is 11.5 Å². The van der Waals surface area contributed by atoms with E-state index in [0.717, 1.165) is 11.5 Å². The lowest BCUT2D eigenvalue weighted by molar-refractivity contribution is -0.126. The Balaban J connectivity index is 2.09. The van der Waals surface area contributed by atoms with E-state index in [9.17, 15) is 19.5 Å². The summed E-state index contributed by atoms with van der Waals surface area (Å²) in [4.78, 5) is 40.2. The zero-order valence-electron chi connectivity index (χ0n) is 19.8. The van der Waals surface area contributed by atoms with Gasteiger partial charge in [-0.1, -0.05) is 24.3 Å². The first kappa shape index (κ1) is 26.4. The Morgan fingerprint density at radius 2 is 1.78 bits per heavy atom. The number of nitrogens with one attached hydrogen (secondary N) is 1. The average molecular weight is 514 g/mol. The summed E-state index contributed by atoms with van der Waals surface area (Å²) in [6.07, 6.45) is 0. The number of phenolic OH excluding ortho intramolecular Hbond substituents is 1. The summed E-state index contributed by atoms with van der Waals surface area (Å²) in [5.41, 5.74) is 12.2. The maximum Gasteiger partial charge on any atom is 0.270 e. The van der Waals surface area contributed by atoms with Crippen LogP contribution in [0.5, 0.6) is 11.5 Å². The van der Waals surface area contributed by atoms with E-state index in [2.05, 4.69) is 9.69 Å². The largest absolute Gasteiger partial charge is 0.508 e. The molecule has 0 aliphatic heterocycles. The van der Waals surface area contributed by atoms with E-state index in [4.69, 9.17) is 20.9 Å². The number of amides is 3. The molecule has 0 aliphatic rings. The van der Waals surface area contributed by atoms with E-state index < -0.39 is 23.8 Å². The number of carbonyl (C=O) groups is 3. The van der Waals surface area contributed by atoms with Crippen LogP contribution in [-0.2, 0) is 16.1 Å². The topological polar surface area (TPSA) is 170 Å². The van der Waals surface area contributed by atoms with E-state index in [1.165, 1.54) is 24.1 Å². The van der Waals surface area contributed by atoms with Crippen LogP contribution in [-0.4, -0.2) is 59.5 Å². The Bertz CT molecular complexity index is 1210. The van der Waals surface area contributed by atoms with Crippen molar-refractivity contribution < 1.29 is 29.0 Å². The molecule has 1 heterocycles. The number of rotatable bonds is 11. The second kappa shape index (κ2) is 12.0. The predicted octanol–water partition coefficient (Wildman–Crippen LogP) is 1.68. The normalized spacial score (nSPS) is 11.5. The lowest BCUT2D eigenvalue weighted by atomic mass is 10.0. The number of aromatic nitrogens is 1. The number of hydrogen-bond donors (Lipinski definition) is 4. The third-order valence-corrected chi connectivity index (χ3v) is 6.15. The van der Waals surface area contributed by atoms with Gasteiger partial charge in [0.1, 0.15) is 22.4 Å². The Hall–Kier alpha value is -4.16. The molecule has 3 aromatic rings. The molecule has 6 N–H and O–H groups in total. The van der Waals surface area contributed by atoms with E-state index >= 15 is 0 Å². The standard InChI is InChI=1S/C24H27N5O6S/c1-34-12-11-27-23(32)20(15-5-7-16(30)8-6-15)29(13-14-3-9-17(35-2)10-4-14)24(33)21-18(25)19(22(26)31)28-36-21/h3-10,20,30H,11-13,25H2,1-2H3,(H2,26,31)(H,27,32). The van der Waals surface area contributed by atoms with Crippen molar-refractivity contribution >= 4 is 34.9 Å². The molecule has 1 unspecified atom stereocenters. The number of anilines is 1. The highest BCUT2D eigenvalue weighted by molar-refractivity contribution is 7.09. The van der Waals surface area contributed by atoms with Crippen LogP contribution in [0.3, 0.4) is 0 Å². The summed E-state index contributed by atoms with van der Waals surface area (Å²) in [5, 5.41) is 12.5. The van der Waals surface area contributed by atoms with Crippen molar-refractivity contribution in [1.29, 1.82) is 0 Å². The van der Waals surface area contributed by atoms with Crippen LogP contribution in [0.4, 0.5) is 5.69 Å². The average Bonchev–Trinajstić information content (AvgIpc) is 3.26. The minimum Gasteiger partial charge on any atom is -0.508 e. The zero-order chi connectivity index (χ0) is 26.2. The van der Waals surface area contributed by atoms with E-state index in [-0.39, 0.29) is 41.7 Å². The first-order valence-corrected chi connectivity index (χ1v) is 11.6. The third kappa shape index (κ3) is 6.09. The summed E-state index contributed by atoms with van der Waals surface area (Å²) in [5.74, 6) is -1.33. The van der Waals surface area contributed by atoms with Gasteiger partial charge in [-0.05, 0) is 46.9 Å². The van der Waals surface area contributed by atoms with Crippen LogP contribution in [0.1, 0.15) is 37.3 Å². The lowest BCUT2D eigenvalue weighted by Gasteiger charge is -2.31. The van der Waals surface area contributed by atoms with Crippen molar-refractivity contribution in [1.82, 2.24) is 14.6 Å². The first-order valence-electron chi connectivity index (χ1n) is 10.8. The monoisotopic (exact) mass is 513 g/mol. The Morgan fingerprint density at radius 1 is 1.11 bits per heavy atom. The fourth-order valence-corrected chi connectivity index (χ4v) is 4.23. The van der Waals surface area contributed by atoms with Crippen molar-refractivity contribution in [3.8, 4) is 11.5 Å². The fourth-order valence-electron chi connectivity index (χ4n) is 3.47. The molecule has 1 atom stereocenters. The fraction of sp³-hybridized carbons (Fsp3) is 0.250. The zero-order valence-corrected chi connectivity index (χ0v) is 20.6. The van der Waals surface area contributed by atoms with Crippen molar-refractivity contribution in [2.45, 2.75) is 12.6 Å². The molecular formula is C24H27N5O6S. The Kier molecular flexibility index (Phi) is 8.81. The first-order chi connectivity index (χ1) is 17.3. The summed E-state index contributed by atoms with van der Waals surface area (Å²) < 4.78 is 14.2. The second-order valence-electron chi connectivity index (χ2n) is 7.70. The maximum atomic E-state index is 13.8. The van der Waals surface area contributed by atoms with Gasteiger partial charge in [-0.15, -0.1) is 0 Å². The van der Waals surface area contributed by atoms with E-state index in [0.29, 0.717) is 16.9 Å². The molecule has 1 aromatic heterocycles. The number of aromatic hydroxyl groups is 1. The Morgan fingerprint density at radius 3 is 2.33 bits per heavy atom. The molecule has 0 spiro atoms. The van der Waals surface area contributed by atoms with Gasteiger partial charge in [-0.2, -0.15) is 4.37 Å². The number of carbonyl (C=O) groups excluding carboxylic acids is 3. The molecule has 0 saturated heterocycles. The van der Waals surface area contributed by atoms with Crippen LogP contribution in [0, 0.1) is 0 Å². The molecule has 0 bridgehead atoms. The molecule has 36 heavy (non-hydrogen) atoms. The van der Waals surface area contributed by atoms with Gasteiger partial charge in [0.25, 0.3) is 11.8 Å². The van der Waals surface area contributed by atoms with Gasteiger partial charge in [0.05, 0.1) is 19.4 Å². The van der Waals surface area contributed by atoms with Gasteiger partial charge in [0.15, 0.2) is 5.69 Å². The molecule has 0 radical (unpaired) electrons. The van der Waals surface area contributed by atoms with Gasteiger partial charge in [-0.25, -0.2) is 0 Å². The van der Waals surface area contributed by atoms with E-state index in [1.54, 1.807) is 43.5 Å². The highest BCUT2D eigenvalue weighted by Crippen LogP contribution is 2.31. The van der Waals surface area contributed by atoms with Crippen molar-refractivity contribution in [2.24, 2.45) is 5.73 Å².